The summed E-state index contributed by atoms with van der Waals surface area (Å²) in [5, 5.41) is 3.22. The van der Waals surface area contributed by atoms with Crippen LogP contribution >= 0.6 is 28.3 Å². The van der Waals surface area contributed by atoms with Crippen LogP contribution in [-0.4, -0.2) is 34.2 Å². The summed E-state index contributed by atoms with van der Waals surface area (Å²) in [6.07, 6.45) is 2.39. The van der Waals surface area contributed by atoms with Crippen molar-refractivity contribution in [3.8, 4) is 5.75 Å². The fraction of sp³-hybridized carbons (Fsp3) is 0.538. The Morgan fingerprint density at radius 2 is 2.00 bits per heavy atom. The van der Waals surface area contributed by atoms with Gasteiger partial charge in [0.1, 0.15) is 10.6 Å². The van der Waals surface area contributed by atoms with Crippen molar-refractivity contribution >= 4 is 38.4 Å². The quantitative estimate of drug-likeness (QED) is 0.817. The van der Waals surface area contributed by atoms with E-state index in [2.05, 4.69) is 26.0 Å². The van der Waals surface area contributed by atoms with E-state index in [1.807, 2.05) is 6.07 Å². The van der Waals surface area contributed by atoms with Crippen LogP contribution < -0.4 is 14.8 Å². The minimum atomic E-state index is -3.54. The Morgan fingerprint density at radius 3 is 2.71 bits per heavy atom. The fourth-order valence-electron chi connectivity index (χ4n) is 2.66. The molecule has 2 heterocycles. The molecule has 2 aliphatic heterocycles. The molecule has 0 bridgehead atoms. The maximum Gasteiger partial charge on any atom is 0.244 e. The van der Waals surface area contributed by atoms with Crippen molar-refractivity contribution in [2.75, 3.05) is 19.7 Å². The van der Waals surface area contributed by atoms with Gasteiger partial charge in [-0.15, -0.1) is 12.4 Å². The minimum Gasteiger partial charge on any atom is -0.492 e. The Kier molecular flexibility index (Phi) is 5.54. The van der Waals surface area contributed by atoms with Gasteiger partial charge in [0.15, 0.2) is 0 Å². The summed E-state index contributed by atoms with van der Waals surface area (Å²) in [5.41, 5.74) is 0.949. The second-order valence-corrected chi connectivity index (χ2v) is 7.73. The summed E-state index contributed by atoms with van der Waals surface area (Å²) in [5.74, 6) is 0.509. The molecule has 0 aliphatic carbocycles. The number of nitrogens with one attached hydrogen (secondary N) is 2. The molecule has 2 aliphatic rings. The van der Waals surface area contributed by atoms with Gasteiger partial charge >= 0.3 is 0 Å². The van der Waals surface area contributed by atoms with Crippen molar-refractivity contribution in [2.24, 2.45) is 0 Å². The van der Waals surface area contributed by atoms with Crippen LogP contribution in [0.15, 0.2) is 21.5 Å². The number of hydrogen-bond acceptors (Lipinski definition) is 4. The van der Waals surface area contributed by atoms with Crippen molar-refractivity contribution in [3.05, 3.63) is 22.2 Å². The SMILES string of the molecule is Cl.O=S(=O)(NC1CCNCC1)c1cc(Br)cc2c1OCC2. The zero-order valence-electron chi connectivity index (χ0n) is 11.4. The van der Waals surface area contributed by atoms with Gasteiger partial charge < -0.3 is 10.1 Å². The third kappa shape index (κ3) is 3.71. The van der Waals surface area contributed by atoms with Crippen LogP contribution in [0.25, 0.3) is 0 Å². The van der Waals surface area contributed by atoms with E-state index in [0.717, 1.165) is 42.4 Å². The van der Waals surface area contributed by atoms with E-state index in [9.17, 15) is 8.42 Å². The molecule has 5 nitrogen and oxygen atoms in total. The average molecular weight is 398 g/mol. The zero-order valence-corrected chi connectivity index (χ0v) is 14.6. The van der Waals surface area contributed by atoms with Gasteiger partial charge in [0.2, 0.25) is 10.0 Å². The molecule has 3 rings (SSSR count). The van der Waals surface area contributed by atoms with E-state index < -0.39 is 10.0 Å². The molecule has 0 aromatic heterocycles. The van der Waals surface area contributed by atoms with E-state index in [-0.39, 0.29) is 23.3 Å². The molecule has 0 atom stereocenters. The van der Waals surface area contributed by atoms with Crippen LogP contribution in [0.5, 0.6) is 5.75 Å². The Morgan fingerprint density at radius 1 is 1.29 bits per heavy atom. The minimum absolute atomic E-state index is 0. The second kappa shape index (κ2) is 6.83. The largest absolute Gasteiger partial charge is 0.492 e. The standard InChI is InChI=1S/C13H17BrN2O3S.ClH/c14-10-7-9-3-6-19-13(9)12(8-10)20(17,18)16-11-1-4-15-5-2-11;/h7-8,11,15-16H,1-6H2;1H. The van der Waals surface area contributed by atoms with Crippen LogP contribution in [0.1, 0.15) is 18.4 Å². The predicted octanol–water partition coefficient (Wildman–Crippen LogP) is 1.84. The summed E-state index contributed by atoms with van der Waals surface area (Å²) in [6, 6.07) is 3.54. The summed E-state index contributed by atoms with van der Waals surface area (Å²) >= 11 is 3.38. The van der Waals surface area contributed by atoms with Gasteiger partial charge in [-0.2, -0.15) is 0 Å². The molecule has 1 aromatic rings. The molecule has 8 heteroatoms. The highest BCUT2D eigenvalue weighted by atomic mass is 79.9. The van der Waals surface area contributed by atoms with Crippen LogP contribution in [0, 0.1) is 0 Å². The molecule has 0 radical (unpaired) electrons. The van der Waals surface area contributed by atoms with E-state index in [4.69, 9.17) is 4.74 Å². The van der Waals surface area contributed by atoms with E-state index >= 15 is 0 Å². The molecule has 1 saturated heterocycles. The average Bonchev–Trinajstić information content (AvgIpc) is 2.86. The topological polar surface area (TPSA) is 67.4 Å². The smallest absolute Gasteiger partial charge is 0.244 e. The number of piperidine rings is 1. The molecular weight excluding hydrogens is 380 g/mol. The molecule has 0 amide bonds. The van der Waals surface area contributed by atoms with Crippen molar-refractivity contribution in [1.29, 1.82) is 0 Å². The maximum absolute atomic E-state index is 12.6. The number of fused-ring (bicyclic) bond motifs is 1. The zero-order chi connectivity index (χ0) is 14.2. The maximum atomic E-state index is 12.6. The predicted molar refractivity (Wildman–Crippen MR) is 86.8 cm³/mol. The van der Waals surface area contributed by atoms with Crippen LogP contribution in [0.2, 0.25) is 0 Å². The summed E-state index contributed by atoms with van der Waals surface area (Å²) < 4.78 is 34.2. The van der Waals surface area contributed by atoms with Crippen molar-refractivity contribution in [3.63, 3.8) is 0 Å². The normalized spacial score (nSPS) is 18.7. The number of rotatable bonds is 3. The highest BCUT2D eigenvalue weighted by Gasteiger charge is 2.28. The van der Waals surface area contributed by atoms with E-state index in [1.165, 1.54) is 0 Å². The van der Waals surface area contributed by atoms with Crippen molar-refractivity contribution < 1.29 is 13.2 Å². The van der Waals surface area contributed by atoms with Crippen LogP contribution in [0.3, 0.4) is 0 Å². The van der Waals surface area contributed by atoms with Crippen molar-refractivity contribution in [1.82, 2.24) is 10.0 Å². The molecule has 2 N–H and O–H groups in total. The van der Waals surface area contributed by atoms with Crippen LogP contribution in [0.4, 0.5) is 0 Å². The molecular formula is C13H18BrClN2O3S. The highest BCUT2D eigenvalue weighted by Crippen LogP contribution is 2.35. The number of ether oxygens (including phenoxy) is 1. The first-order valence-electron chi connectivity index (χ1n) is 6.74. The number of halogens is 2. The van der Waals surface area contributed by atoms with Gasteiger partial charge in [0.05, 0.1) is 6.61 Å². The third-order valence-electron chi connectivity index (χ3n) is 3.66. The lowest BCUT2D eigenvalue weighted by molar-refractivity contribution is 0.348. The molecule has 1 fully saturated rings. The van der Waals surface area contributed by atoms with Gasteiger partial charge in [-0.3, -0.25) is 0 Å². The lowest BCUT2D eigenvalue weighted by atomic mass is 10.1. The Hall–Kier alpha value is -0.340. The molecule has 0 unspecified atom stereocenters. The molecule has 0 saturated carbocycles. The van der Waals surface area contributed by atoms with Gasteiger partial charge in [0, 0.05) is 22.5 Å². The van der Waals surface area contributed by atoms with Gasteiger partial charge in [-0.25, -0.2) is 13.1 Å². The molecule has 118 valence electrons. The van der Waals surface area contributed by atoms with Gasteiger partial charge in [-0.05, 0) is 38.1 Å². The lowest BCUT2D eigenvalue weighted by Crippen LogP contribution is -2.42. The Balaban J connectivity index is 0.00000161. The van der Waals surface area contributed by atoms with Crippen LogP contribution in [-0.2, 0) is 16.4 Å². The first kappa shape index (κ1) is 17.0. The first-order valence-corrected chi connectivity index (χ1v) is 9.02. The van der Waals surface area contributed by atoms with Crippen molar-refractivity contribution in [2.45, 2.75) is 30.2 Å². The van der Waals surface area contributed by atoms with E-state index in [0.29, 0.717) is 12.4 Å². The number of sulfonamides is 1. The molecule has 21 heavy (non-hydrogen) atoms. The number of hydrogen-bond donors (Lipinski definition) is 2. The Bertz CT molecular complexity index is 618. The summed E-state index contributed by atoms with van der Waals surface area (Å²) in [6.45, 7) is 2.24. The Labute approximate surface area is 139 Å². The lowest BCUT2D eigenvalue weighted by Gasteiger charge is -2.24. The monoisotopic (exact) mass is 396 g/mol. The third-order valence-corrected chi connectivity index (χ3v) is 5.65. The highest BCUT2D eigenvalue weighted by molar-refractivity contribution is 9.10. The van der Waals surface area contributed by atoms with Gasteiger partial charge in [-0.1, -0.05) is 15.9 Å². The molecule has 0 spiro atoms. The second-order valence-electron chi connectivity index (χ2n) is 5.14. The fourth-order valence-corrected chi connectivity index (χ4v) is 4.83. The van der Waals surface area contributed by atoms with Gasteiger partial charge in [0.25, 0.3) is 0 Å². The first-order chi connectivity index (χ1) is 9.56. The summed E-state index contributed by atoms with van der Waals surface area (Å²) in [4.78, 5) is 0.248. The van der Waals surface area contributed by atoms with E-state index in [1.54, 1.807) is 6.07 Å². The molecule has 1 aromatic carbocycles. The number of benzene rings is 1. The summed E-state index contributed by atoms with van der Waals surface area (Å²) in [7, 11) is -3.54.